The number of amides is 5. The van der Waals surface area contributed by atoms with E-state index in [4.69, 9.17) is 13.1 Å². The van der Waals surface area contributed by atoms with E-state index in [2.05, 4.69) is 112 Å². The molecule has 5 heterocycles. The molecule has 5 amide bonds. The number of carbonyl (C=O) groups is 5. The molecule has 7 N–H and O–H groups in total. The molecule has 0 bridgehead atoms. The van der Waals surface area contributed by atoms with Crippen molar-refractivity contribution in [1.82, 2.24) is 35.7 Å². The van der Waals surface area contributed by atoms with Gasteiger partial charge in [0.05, 0.1) is 106 Å². The summed E-state index contributed by atoms with van der Waals surface area (Å²) in [6.07, 6.45) is 2.89. The van der Waals surface area contributed by atoms with E-state index in [1.165, 1.54) is 18.4 Å². The number of ether oxygens (including phenoxy) is 1. The number of anilines is 7. The normalized spacial score (nSPS) is 18.9. The summed E-state index contributed by atoms with van der Waals surface area (Å²) < 4.78 is 100. The number of allylic oxidation sites excluding steroid dienone is 1. The van der Waals surface area contributed by atoms with E-state index in [9.17, 15) is 49.2 Å². The average molecular weight is 1710 g/mol. The van der Waals surface area contributed by atoms with Gasteiger partial charge < -0.3 is 13.1 Å². The van der Waals surface area contributed by atoms with Gasteiger partial charge in [0.2, 0.25) is 49.6 Å². The highest BCUT2D eigenvalue weighted by molar-refractivity contribution is 7.89. The first-order valence-electron chi connectivity index (χ1n) is 40.0. The van der Waals surface area contributed by atoms with Crippen molar-refractivity contribution in [1.29, 1.82) is 0 Å². The van der Waals surface area contributed by atoms with E-state index in [-0.39, 0.29) is 79.7 Å². The largest absolute Gasteiger partial charge is 0.498 e. The zero-order chi connectivity index (χ0) is 87.4. The van der Waals surface area contributed by atoms with Crippen molar-refractivity contribution in [2.75, 3.05) is 101 Å². The summed E-state index contributed by atoms with van der Waals surface area (Å²) in [5.41, 5.74) is 22.9. The van der Waals surface area contributed by atoms with Gasteiger partial charge in [0, 0.05) is 38.6 Å². The number of hydrogen-bond acceptors (Lipinski definition) is 19. The van der Waals surface area contributed by atoms with Crippen LogP contribution in [0.1, 0.15) is 133 Å². The van der Waals surface area contributed by atoms with Gasteiger partial charge in [0.25, 0.3) is 0 Å². The fraction of sp³-hybridized carbons (Fsp3) is 0.437. The van der Waals surface area contributed by atoms with Crippen molar-refractivity contribution in [3.05, 3.63) is 199 Å². The predicted octanol–water partition coefficient (Wildman–Crippen LogP) is 13.2. The Balaban J connectivity index is 0.000000188. The molecule has 7 aromatic rings. The lowest BCUT2D eigenvalue weighted by Crippen LogP contribution is -2.38. The van der Waals surface area contributed by atoms with Crippen LogP contribution in [-0.2, 0) is 76.7 Å². The standard InChI is InChI=1S/C25H35N3O3S.C20H33N3O3S.C17H19N3O3S.C13H16N2O2.C12H17N3O3S/c1-17-8-9-19(25(6,7)16-24(3,4)5)14-22(17)31-32(30)27-20-10-12-21(13-11-20)28-15-18(2)23(29)26-28;1-6-15(3)12-22(13-16(4)7-2)27(25,26)19-10-8-9-18(11-19)23-14-17(5)20(24)21-23;1-12-3-9-16(10-4-12)23-24(22)19-14-5-7-15(8-6-14)20-11-13(2)17(21)18-20;1-10(2)17-9-11-8-15(14-13(11)16)12-6-4-3-5-7-12;1-9-8-15(13-12(9)16)10-4-6-11(7-5-10)19(17,18)14(2)3/h8-14,18,27H,15-16H2,1-7H3,(H,26,29);8-11,15-17H,6-7,12-14H2,1-5H3,(H,21,24);3-10,13,19H,11H2,1-2H3,(H,18,21);3-7,11H,1,8-9H2,2H3,(H,14,16);4-7,9H,8H2,1-3H3,(H,13,16). The number of nitrogens with one attached hydrogen (secondary N) is 7. The van der Waals surface area contributed by atoms with Crippen molar-refractivity contribution in [3.8, 4) is 11.5 Å². The van der Waals surface area contributed by atoms with Crippen molar-refractivity contribution >= 4 is 112 Å². The van der Waals surface area contributed by atoms with Crippen molar-refractivity contribution in [2.45, 2.75) is 145 Å². The number of sulfonamides is 2. The van der Waals surface area contributed by atoms with Gasteiger partial charge in [-0.25, -0.2) is 21.1 Å². The molecule has 646 valence electrons. The topological polar surface area (TPSA) is 322 Å². The molecule has 9 unspecified atom stereocenters. The Morgan fingerprint density at radius 3 is 1.34 bits per heavy atom. The Kier molecular flexibility index (Phi) is 33.4. The number of aryl methyl sites for hydroxylation is 2. The lowest BCUT2D eigenvalue weighted by Gasteiger charge is -2.33. The summed E-state index contributed by atoms with van der Waals surface area (Å²) in [5.74, 6) is 1.95. The monoisotopic (exact) mass is 1710 g/mol. The minimum Gasteiger partial charge on any atom is -0.498 e. The van der Waals surface area contributed by atoms with Gasteiger partial charge in [-0.2, -0.15) is 12.7 Å². The van der Waals surface area contributed by atoms with E-state index in [1.54, 1.807) is 93.0 Å². The molecule has 0 aliphatic carbocycles. The van der Waals surface area contributed by atoms with Crippen LogP contribution in [0.5, 0.6) is 11.5 Å². The molecule has 5 aliphatic rings. The molecule has 12 rings (SSSR count). The zero-order valence-electron chi connectivity index (χ0n) is 71.7. The molecule has 28 nitrogen and oxygen atoms in total. The van der Waals surface area contributed by atoms with Crippen LogP contribution in [0.15, 0.2) is 192 Å². The Hall–Kier alpha value is -10.3. The van der Waals surface area contributed by atoms with Gasteiger partial charge in [-0.05, 0) is 182 Å². The molecule has 5 fully saturated rings. The lowest BCUT2D eigenvalue weighted by atomic mass is 9.72. The molecule has 0 radical (unpaired) electrons. The molecule has 0 saturated carbocycles. The molecule has 7 aromatic carbocycles. The maximum Gasteiger partial charge on any atom is 0.316 e. The van der Waals surface area contributed by atoms with E-state index >= 15 is 0 Å². The third-order valence-electron chi connectivity index (χ3n) is 20.4. The Bertz CT molecular complexity index is 4880. The molecular weight excluding hydrogens is 1590 g/mol. The summed E-state index contributed by atoms with van der Waals surface area (Å²) in [4.78, 5) is 58.7. The van der Waals surface area contributed by atoms with Crippen LogP contribution in [0.4, 0.5) is 39.8 Å². The van der Waals surface area contributed by atoms with Crippen LogP contribution in [0, 0.1) is 60.7 Å². The van der Waals surface area contributed by atoms with Gasteiger partial charge in [0.1, 0.15) is 18.1 Å². The van der Waals surface area contributed by atoms with Crippen LogP contribution < -0.4 is 70.0 Å². The summed E-state index contributed by atoms with van der Waals surface area (Å²) in [5, 5.41) is 8.91. The number of nitrogens with zero attached hydrogens (tertiary/aromatic N) is 7. The minimum absolute atomic E-state index is 0.00453. The summed E-state index contributed by atoms with van der Waals surface area (Å²) in [7, 11) is -4.02. The minimum atomic E-state index is -3.60. The molecule has 5 saturated heterocycles. The molecule has 5 aliphatic heterocycles. The van der Waals surface area contributed by atoms with Gasteiger partial charge in [-0.15, -0.1) is 0 Å². The van der Waals surface area contributed by atoms with Gasteiger partial charge in [-0.3, -0.25) is 85.6 Å². The van der Waals surface area contributed by atoms with E-state index in [1.807, 2.05) is 149 Å². The van der Waals surface area contributed by atoms with Crippen LogP contribution in [0.3, 0.4) is 0 Å². The number of para-hydroxylation sites is 1. The van der Waals surface area contributed by atoms with Crippen LogP contribution in [0.2, 0.25) is 0 Å². The number of benzene rings is 7. The number of rotatable bonds is 28. The SMILES string of the molecule is C=C(C)OCC1CN(c2ccccc2)NC1=O.CC1CN(c2ccc(S(=O)(=O)N(C)C)cc2)NC1=O.CCC(C)CN(CC(C)CC)S(=O)(=O)c1cccc(N2CC(C)C(=O)N2)c1.Cc1ccc(C(C)(C)CC(C)(C)C)cc1OS(=O)Nc1ccc(N2CC(C)C(=O)N2)cc1.Cc1ccc(OS(=O)Nc2ccc(N3CC(C)C(=O)N3)cc2)cc1. The second kappa shape index (κ2) is 42.1. The highest BCUT2D eigenvalue weighted by atomic mass is 32.2. The smallest absolute Gasteiger partial charge is 0.316 e. The highest BCUT2D eigenvalue weighted by Gasteiger charge is 2.35. The third kappa shape index (κ3) is 27.4. The molecular formula is C87H120N14O14S4. The van der Waals surface area contributed by atoms with Crippen molar-refractivity contribution in [3.63, 3.8) is 0 Å². The summed E-state index contributed by atoms with van der Waals surface area (Å²) >= 11 is -3.42. The zero-order valence-corrected chi connectivity index (χ0v) is 74.9. The summed E-state index contributed by atoms with van der Waals surface area (Å²) in [6.45, 7) is 40.8. The van der Waals surface area contributed by atoms with Crippen LogP contribution in [0.25, 0.3) is 0 Å². The van der Waals surface area contributed by atoms with E-state index < -0.39 is 42.6 Å². The van der Waals surface area contributed by atoms with Gasteiger partial charge >= 0.3 is 22.5 Å². The number of hydrazine groups is 5. The van der Waals surface area contributed by atoms with E-state index in [0.29, 0.717) is 98.6 Å². The number of carbonyl (C=O) groups excluding carboxylic acids is 5. The molecule has 0 spiro atoms. The fourth-order valence-corrected chi connectivity index (χ4v) is 17.1. The quantitative estimate of drug-likeness (QED) is 0.0224. The van der Waals surface area contributed by atoms with Crippen LogP contribution in [-0.4, -0.2) is 130 Å². The van der Waals surface area contributed by atoms with Gasteiger partial charge in [0.15, 0.2) is 0 Å². The molecule has 9 atom stereocenters. The summed E-state index contributed by atoms with van der Waals surface area (Å²) in [6, 6.07) is 51.2. The molecule has 0 aromatic heterocycles. The lowest BCUT2D eigenvalue weighted by molar-refractivity contribution is -0.124. The Morgan fingerprint density at radius 1 is 0.513 bits per heavy atom. The third-order valence-corrected chi connectivity index (χ3v) is 25.5. The first-order valence-corrected chi connectivity index (χ1v) is 45.0. The van der Waals surface area contributed by atoms with Crippen LogP contribution >= 0.6 is 0 Å². The van der Waals surface area contributed by atoms with E-state index in [0.717, 1.165) is 58.7 Å². The second-order valence-electron chi connectivity index (χ2n) is 33.1. The highest BCUT2D eigenvalue weighted by Crippen LogP contribution is 2.39. The Labute approximate surface area is 709 Å². The average Bonchev–Trinajstić information content (AvgIpc) is 1.000. The first kappa shape index (κ1) is 94.2. The van der Waals surface area contributed by atoms with Crippen molar-refractivity contribution < 1.29 is 62.3 Å². The molecule has 32 heteroatoms. The van der Waals surface area contributed by atoms with Gasteiger partial charge in [-0.1, -0.05) is 164 Å². The maximum atomic E-state index is 13.4. The van der Waals surface area contributed by atoms with Crippen molar-refractivity contribution in [2.24, 2.45) is 46.8 Å². The first-order chi connectivity index (χ1) is 56.0. The second-order valence-corrected chi connectivity index (χ2v) is 38.8. The number of hydrogen-bond donors (Lipinski definition) is 7. The predicted molar refractivity (Wildman–Crippen MR) is 473 cm³/mol. The Morgan fingerprint density at radius 2 is 0.924 bits per heavy atom. The fourth-order valence-electron chi connectivity index (χ4n) is 13.1. The molecule has 119 heavy (non-hydrogen) atoms. The maximum absolute atomic E-state index is 13.4.